The Labute approximate surface area is 207 Å². The number of benzene rings is 2. The van der Waals surface area contributed by atoms with E-state index in [9.17, 15) is 4.79 Å². The van der Waals surface area contributed by atoms with Crippen LogP contribution in [0.25, 0.3) is 0 Å². The summed E-state index contributed by atoms with van der Waals surface area (Å²) < 4.78 is 5.42. The van der Waals surface area contributed by atoms with Gasteiger partial charge < -0.3 is 20.7 Å². The number of halogens is 1. The lowest BCUT2D eigenvalue weighted by Crippen LogP contribution is -2.40. The molecule has 172 valence electrons. The number of rotatable bonds is 6. The van der Waals surface area contributed by atoms with Crippen LogP contribution in [0.2, 0.25) is 0 Å². The number of hydrogen-bond donors (Lipinski definition) is 3. The molecule has 2 aliphatic rings. The fraction of sp³-hybridized carbons (Fsp3) is 0.417. The van der Waals surface area contributed by atoms with E-state index in [2.05, 4.69) is 56.2 Å². The molecule has 1 unspecified atom stereocenters. The molecular formula is C24H32IN5O2. The minimum Gasteiger partial charge on any atom is -0.379 e. The average molecular weight is 549 g/mol. The van der Waals surface area contributed by atoms with Gasteiger partial charge in [0.25, 0.3) is 0 Å². The van der Waals surface area contributed by atoms with Crippen molar-refractivity contribution < 1.29 is 9.53 Å². The molecule has 2 aromatic rings. The molecule has 1 saturated heterocycles. The summed E-state index contributed by atoms with van der Waals surface area (Å²) in [6.07, 6.45) is 0.478. The number of nitrogens with one attached hydrogen (secondary N) is 3. The van der Waals surface area contributed by atoms with Crippen LogP contribution in [0.15, 0.2) is 53.5 Å². The summed E-state index contributed by atoms with van der Waals surface area (Å²) in [7, 11) is 1.77. The van der Waals surface area contributed by atoms with Gasteiger partial charge in [-0.2, -0.15) is 0 Å². The van der Waals surface area contributed by atoms with Crippen molar-refractivity contribution in [3.8, 4) is 0 Å². The van der Waals surface area contributed by atoms with Crippen LogP contribution in [0.5, 0.6) is 0 Å². The van der Waals surface area contributed by atoms with E-state index in [4.69, 9.17) is 4.74 Å². The molecule has 1 amide bonds. The zero-order chi connectivity index (χ0) is 21.5. The van der Waals surface area contributed by atoms with Gasteiger partial charge in [-0.25, -0.2) is 0 Å². The predicted octanol–water partition coefficient (Wildman–Crippen LogP) is 2.93. The number of anilines is 1. The van der Waals surface area contributed by atoms with Crippen molar-refractivity contribution in [2.24, 2.45) is 4.99 Å². The molecular weight excluding hydrogens is 517 g/mol. The van der Waals surface area contributed by atoms with Gasteiger partial charge in [0.05, 0.1) is 13.2 Å². The molecule has 8 heteroatoms. The van der Waals surface area contributed by atoms with E-state index < -0.39 is 0 Å². The molecule has 3 N–H and O–H groups in total. The molecule has 7 nitrogen and oxygen atoms in total. The summed E-state index contributed by atoms with van der Waals surface area (Å²) in [6.45, 7) is 5.96. The normalized spacial score (nSPS) is 18.8. The first-order valence-corrected chi connectivity index (χ1v) is 10.9. The number of morpholine rings is 1. The molecule has 2 heterocycles. The van der Waals surface area contributed by atoms with Gasteiger partial charge in [-0.05, 0) is 22.8 Å². The van der Waals surface area contributed by atoms with Gasteiger partial charge in [0.1, 0.15) is 0 Å². The summed E-state index contributed by atoms with van der Waals surface area (Å²) in [6, 6.07) is 16.7. The van der Waals surface area contributed by atoms with Crippen molar-refractivity contribution in [2.75, 3.05) is 45.2 Å². The summed E-state index contributed by atoms with van der Waals surface area (Å²) >= 11 is 0. The number of carbonyl (C=O) groups excluding carboxylic acids is 1. The van der Waals surface area contributed by atoms with Gasteiger partial charge >= 0.3 is 0 Å². The fourth-order valence-corrected chi connectivity index (χ4v) is 4.09. The minimum atomic E-state index is 0. The van der Waals surface area contributed by atoms with E-state index in [1.54, 1.807) is 7.05 Å². The number of aliphatic imine (C=N–C) groups is 1. The Morgan fingerprint density at radius 1 is 1.09 bits per heavy atom. The number of amides is 1. The first-order valence-electron chi connectivity index (χ1n) is 10.9. The lowest BCUT2D eigenvalue weighted by atomic mass is 9.90. The van der Waals surface area contributed by atoms with Crippen molar-refractivity contribution in [1.29, 1.82) is 0 Å². The maximum Gasteiger partial charge on any atom is 0.225 e. The monoisotopic (exact) mass is 549 g/mol. The van der Waals surface area contributed by atoms with E-state index in [0.717, 1.165) is 44.5 Å². The number of nitrogens with zero attached hydrogens (tertiary/aromatic N) is 2. The SMILES string of the molecule is CN=C(NCc1ccc(CN2CCOCC2)cc1)NCC1CC(=O)Nc2ccccc21.I. The van der Waals surface area contributed by atoms with E-state index >= 15 is 0 Å². The van der Waals surface area contributed by atoms with Crippen molar-refractivity contribution in [2.45, 2.75) is 25.4 Å². The Morgan fingerprint density at radius 3 is 2.56 bits per heavy atom. The molecule has 0 spiro atoms. The maximum absolute atomic E-state index is 12.0. The van der Waals surface area contributed by atoms with Gasteiger partial charge in [-0.3, -0.25) is 14.7 Å². The average Bonchev–Trinajstić information content (AvgIpc) is 2.80. The standard InChI is InChI=1S/C24H31N5O2.HI/c1-25-24(27-16-20-14-23(30)28-22-5-3-2-4-21(20)22)26-15-18-6-8-19(9-7-18)17-29-10-12-31-13-11-29;/h2-9,20H,10-17H2,1H3,(H,28,30)(H2,25,26,27);1H. The third-order valence-electron chi connectivity index (χ3n) is 5.84. The van der Waals surface area contributed by atoms with Gasteiger partial charge in [0, 0.05) is 57.8 Å². The molecule has 4 rings (SSSR count). The molecule has 0 aromatic heterocycles. The van der Waals surface area contributed by atoms with Gasteiger partial charge in [-0.15, -0.1) is 24.0 Å². The van der Waals surface area contributed by atoms with Crippen LogP contribution in [0.4, 0.5) is 5.69 Å². The lowest BCUT2D eigenvalue weighted by molar-refractivity contribution is -0.116. The molecule has 2 aromatic carbocycles. The number of para-hydroxylation sites is 1. The summed E-state index contributed by atoms with van der Waals surface area (Å²) in [5, 5.41) is 9.70. The third-order valence-corrected chi connectivity index (χ3v) is 5.84. The Balaban J connectivity index is 0.00000289. The second-order valence-corrected chi connectivity index (χ2v) is 8.05. The molecule has 32 heavy (non-hydrogen) atoms. The predicted molar refractivity (Wildman–Crippen MR) is 139 cm³/mol. The van der Waals surface area contributed by atoms with Crippen molar-refractivity contribution in [3.05, 3.63) is 65.2 Å². The van der Waals surface area contributed by atoms with E-state index in [0.29, 0.717) is 19.5 Å². The number of carbonyl (C=O) groups is 1. The van der Waals surface area contributed by atoms with E-state index in [-0.39, 0.29) is 35.8 Å². The fourth-order valence-electron chi connectivity index (χ4n) is 4.09. The Hall–Kier alpha value is -2.17. The van der Waals surface area contributed by atoms with Crippen LogP contribution in [0, 0.1) is 0 Å². The highest BCUT2D eigenvalue weighted by Crippen LogP contribution is 2.31. The van der Waals surface area contributed by atoms with Crippen LogP contribution >= 0.6 is 24.0 Å². The second kappa shape index (κ2) is 12.2. The van der Waals surface area contributed by atoms with Crippen LogP contribution in [0.3, 0.4) is 0 Å². The second-order valence-electron chi connectivity index (χ2n) is 8.05. The highest BCUT2D eigenvalue weighted by atomic mass is 127. The first-order chi connectivity index (χ1) is 15.2. The Kier molecular flexibility index (Phi) is 9.31. The largest absolute Gasteiger partial charge is 0.379 e. The molecule has 1 atom stereocenters. The number of guanidine groups is 1. The molecule has 0 radical (unpaired) electrons. The van der Waals surface area contributed by atoms with Gasteiger partial charge in [0.15, 0.2) is 5.96 Å². The smallest absolute Gasteiger partial charge is 0.225 e. The summed E-state index contributed by atoms with van der Waals surface area (Å²) in [5.41, 5.74) is 4.60. The number of hydrogen-bond acceptors (Lipinski definition) is 4. The van der Waals surface area contributed by atoms with Crippen LogP contribution in [0.1, 0.15) is 29.0 Å². The highest BCUT2D eigenvalue weighted by Gasteiger charge is 2.24. The van der Waals surface area contributed by atoms with Gasteiger partial charge in [-0.1, -0.05) is 42.5 Å². The molecule has 0 aliphatic carbocycles. The van der Waals surface area contributed by atoms with Crippen molar-refractivity contribution >= 4 is 41.5 Å². The zero-order valence-electron chi connectivity index (χ0n) is 18.5. The lowest BCUT2D eigenvalue weighted by Gasteiger charge is -2.26. The van der Waals surface area contributed by atoms with E-state index in [1.165, 1.54) is 16.7 Å². The maximum atomic E-state index is 12.0. The minimum absolute atomic E-state index is 0. The van der Waals surface area contributed by atoms with Gasteiger partial charge in [0.2, 0.25) is 5.91 Å². The van der Waals surface area contributed by atoms with Crippen molar-refractivity contribution in [3.63, 3.8) is 0 Å². The van der Waals surface area contributed by atoms with Crippen LogP contribution in [-0.4, -0.2) is 56.7 Å². The highest BCUT2D eigenvalue weighted by molar-refractivity contribution is 14.0. The van der Waals surface area contributed by atoms with E-state index in [1.807, 2.05) is 18.2 Å². The third kappa shape index (κ3) is 6.66. The molecule has 1 fully saturated rings. The summed E-state index contributed by atoms with van der Waals surface area (Å²) in [4.78, 5) is 18.8. The van der Waals surface area contributed by atoms with Crippen LogP contribution in [-0.2, 0) is 22.6 Å². The first kappa shape index (κ1) is 24.5. The quantitative estimate of drug-likeness (QED) is 0.294. The topological polar surface area (TPSA) is 78.0 Å². The molecule has 0 bridgehead atoms. The Bertz CT molecular complexity index is 913. The molecule has 0 saturated carbocycles. The Morgan fingerprint density at radius 2 is 1.81 bits per heavy atom. The van der Waals surface area contributed by atoms with Crippen molar-refractivity contribution in [1.82, 2.24) is 15.5 Å². The van der Waals surface area contributed by atoms with Crippen LogP contribution < -0.4 is 16.0 Å². The number of ether oxygens (including phenoxy) is 1. The summed E-state index contributed by atoms with van der Waals surface area (Å²) in [5.74, 6) is 0.925. The number of fused-ring (bicyclic) bond motifs is 1. The zero-order valence-corrected chi connectivity index (χ0v) is 20.8. The molecule has 2 aliphatic heterocycles.